The van der Waals surface area contributed by atoms with Crippen LogP contribution in [0.4, 0.5) is 0 Å². The van der Waals surface area contributed by atoms with E-state index in [1.54, 1.807) is 18.2 Å². The van der Waals surface area contributed by atoms with Crippen LogP contribution in [0.15, 0.2) is 40.9 Å². The first-order valence-corrected chi connectivity index (χ1v) is 8.98. The molecule has 0 unspecified atom stereocenters. The number of carbonyl (C=O) groups is 3. The molecule has 3 amide bonds. The molecule has 24 heavy (non-hydrogen) atoms. The Kier molecular flexibility index (Phi) is 2.87. The van der Waals surface area contributed by atoms with Gasteiger partial charge in [0.25, 0.3) is 17.7 Å². The standard InChI is InChI=1S/C18H15BrN2O3/c19-9-3-1-2-8(6-9)16(22)20-21-17(23)14-10-4-5-11(13-7-12(10)13)15(14)18(21)24/h1-6,10-15H,7H2,(H,20,22)/t10-,11+,12+,13-,14-,15+. The summed E-state index contributed by atoms with van der Waals surface area (Å²) in [6.45, 7) is 0. The lowest BCUT2D eigenvalue weighted by Gasteiger charge is -2.37. The van der Waals surface area contributed by atoms with Crippen LogP contribution in [0.1, 0.15) is 16.8 Å². The number of hydrogen-bond donors (Lipinski definition) is 1. The van der Waals surface area contributed by atoms with E-state index in [1.807, 2.05) is 6.07 Å². The number of nitrogens with zero attached hydrogens (tertiary/aromatic N) is 1. The number of nitrogens with one attached hydrogen (secondary N) is 1. The Bertz CT molecular complexity index is 784. The third kappa shape index (κ3) is 1.83. The van der Waals surface area contributed by atoms with Crippen LogP contribution in [-0.2, 0) is 9.59 Å². The Hall–Kier alpha value is -1.95. The molecule has 2 bridgehead atoms. The summed E-state index contributed by atoms with van der Waals surface area (Å²) < 4.78 is 0.769. The largest absolute Gasteiger partial charge is 0.272 e. The molecule has 3 fully saturated rings. The quantitative estimate of drug-likeness (QED) is 0.625. The van der Waals surface area contributed by atoms with Crippen LogP contribution in [0.5, 0.6) is 0 Å². The smallest absolute Gasteiger partial charge is 0.270 e. The summed E-state index contributed by atoms with van der Waals surface area (Å²) in [5.74, 6) is -0.0998. The van der Waals surface area contributed by atoms with E-state index in [-0.39, 0.29) is 35.5 Å². The fourth-order valence-electron chi connectivity index (χ4n) is 4.86. The number of rotatable bonds is 2. The number of allylic oxidation sites excluding steroid dienone is 2. The molecular weight excluding hydrogens is 372 g/mol. The number of halogens is 1. The summed E-state index contributed by atoms with van der Waals surface area (Å²) in [6, 6.07) is 6.86. The summed E-state index contributed by atoms with van der Waals surface area (Å²) in [5.41, 5.74) is 2.93. The molecule has 1 heterocycles. The van der Waals surface area contributed by atoms with Crippen molar-refractivity contribution in [3.05, 3.63) is 46.5 Å². The molecule has 1 aromatic carbocycles. The molecule has 6 rings (SSSR count). The summed E-state index contributed by atoms with van der Waals surface area (Å²) in [4.78, 5) is 38.0. The minimum atomic E-state index is -0.442. The lowest BCUT2D eigenvalue weighted by atomic mass is 9.63. The van der Waals surface area contributed by atoms with Gasteiger partial charge in [0.05, 0.1) is 11.8 Å². The first kappa shape index (κ1) is 14.4. The zero-order valence-corrected chi connectivity index (χ0v) is 14.3. The number of imide groups is 1. The van der Waals surface area contributed by atoms with E-state index < -0.39 is 5.91 Å². The van der Waals surface area contributed by atoms with Crippen molar-refractivity contribution in [1.29, 1.82) is 0 Å². The second-order valence-corrected chi connectivity index (χ2v) is 8.03. The topological polar surface area (TPSA) is 66.5 Å². The molecule has 5 nitrogen and oxygen atoms in total. The van der Waals surface area contributed by atoms with Gasteiger partial charge in [0.2, 0.25) is 0 Å². The summed E-state index contributed by atoms with van der Waals surface area (Å²) in [5, 5.41) is 0.969. The van der Waals surface area contributed by atoms with Gasteiger partial charge < -0.3 is 0 Å². The highest BCUT2D eigenvalue weighted by Gasteiger charge is 2.67. The van der Waals surface area contributed by atoms with Crippen molar-refractivity contribution in [3.8, 4) is 0 Å². The van der Waals surface area contributed by atoms with Crippen molar-refractivity contribution in [2.45, 2.75) is 6.42 Å². The van der Waals surface area contributed by atoms with Crippen LogP contribution in [0.3, 0.4) is 0 Å². The molecule has 2 saturated carbocycles. The maximum Gasteiger partial charge on any atom is 0.270 e. The van der Waals surface area contributed by atoms with E-state index in [0.717, 1.165) is 15.9 Å². The summed E-state index contributed by atoms with van der Waals surface area (Å²) in [6.07, 6.45) is 5.36. The molecule has 4 aliphatic carbocycles. The number of hydrogen-bond acceptors (Lipinski definition) is 3. The SMILES string of the molecule is O=C(NN1C(=O)[C@@H]2[C@@H]3C=C[C@@H]([C@H]4C[C@@H]34)[C@@H]2C1=O)c1cccc(Br)c1. The zero-order valence-electron chi connectivity index (χ0n) is 12.7. The van der Waals surface area contributed by atoms with E-state index in [1.165, 1.54) is 0 Å². The van der Waals surface area contributed by atoms with Gasteiger partial charge in [0, 0.05) is 10.0 Å². The van der Waals surface area contributed by atoms with E-state index in [9.17, 15) is 14.4 Å². The molecule has 1 N–H and O–H groups in total. The van der Waals surface area contributed by atoms with Crippen LogP contribution in [-0.4, -0.2) is 22.7 Å². The highest BCUT2D eigenvalue weighted by Crippen LogP contribution is 2.65. The van der Waals surface area contributed by atoms with E-state index in [0.29, 0.717) is 17.4 Å². The predicted molar refractivity (Wildman–Crippen MR) is 88.2 cm³/mol. The first-order chi connectivity index (χ1) is 11.6. The second kappa shape index (κ2) is 4.79. The Morgan fingerprint density at radius 3 is 2.29 bits per heavy atom. The van der Waals surface area contributed by atoms with Gasteiger partial charge >= 0.3 is 0 Å². The second-order valence-electron chi connectivity index (χ2n) is 7.12. The molecule has 0 spiro atoms. The monoisotopic (exact) mass is 386 g/mol. The van der Waals surface area contributed by atoms with Gasteiger partial charge in [-0.2, -0.15) is 5.01 Å². The molecule has 1 aromatic rings. The Morgan fingerprint density at radius 1 is 1.08 bits per heavy atom. The molecular formula is C18H15BrN2O3. The third-order valence-electron chi connectivity index (χ3n) is 5.96. The van der Waals surface area contributed by atoms with E-state index in [4.69, 9.17) is 0 Å². The van der Waals surface area contributed by atoms with Crippen LogP contribution in [0, 0.1) is 35.5 Å². The lowest BCUT2D eigenvalue weighted by molar-refractivity contribution is -0.143. The molecule has 0 aromatic heterocycles. The number of amides is 3. The lowest BCUT2D eigenvalue weighted by Crippen LogP contribution is -2.46. The normalized spacial score (nSPS) is 38.1. The Morgan fingerprint density at radius 2 is 1.71 bits per heavy atom. The Balaban J connectivity index is 1.41. The first-order valence-electron chi connectivity index (χ1n) is 8.19. The van der Waals surface area contributed by atoms with Gasteiger partial charge in [-0.15, -0.1) is 0 Å². The van der Waals surface area contributed by atoms with Gasteiger partial charge in [-0.25, -0.2) is 0 Å². The van der Waals surface area contributed by atoms with Crippen molar-refractivity contribution >= 4 is 33.7 Å². The van der Waals surface area contributed by atoms with Gasteiger partial charge in [0.1, 0.15) is 0 Å². The van der Waals surface area contributed by atoms with E-state index >= 15 is 0 Å². The van der Waals surface area contributed by atoms with Crippen LogP contribution >= 0.6 is 15.9 Å². The van der Waals surface area contributed by atoms with Crippen LogP contribution < -0.4 is 5.43 Å². The number of hydrazine groups is 1. The fraction of sp³-hybridized carbons (Fsp3) is 0.389. The van der Waals surface area contributed by atoms with Crippen molar-refractivity contribution in [1.82, 2.24) is 10.4 Å². The minimum Gasteiger partial charge on any atom is -0.272 e. The fourth-order valence-corrected chi connectivity index (χ4v) is 5.26. The number of carbonyl (C=O) groups excluding carboxylic acids is 3. The molecule has 1 aliphatic heterocycles. The molecule has 6 heteroatoms. The minimum absolute atomic E-state index is 0.161. The van der Waals surface area contributed by atoms with Crippen LogP contribution in [0.25, 0.3) is 0 Å². The maximum absolute atomic E-state index is 12.8. The van der Waals surface area contributed by atoms with E-state index in [2.05, 4.69) is 33.5 Å². The molecule has 1 saturated heterocycles. The Labute approximate surface area is 147 Å². The number of benzene rings is 1. The third-order valence-corrected chi connectivity index (χ3v) is 6.46. The molecule has 0 radical (unpaired) electrons. The average molecular weight is 387 g/mol. The molecule has 122 valence electrons. The highest BCUT2D eigenvalue weighted by molar-refractivity contribution is 9.10. The van der Waals surface area contributed by atoms with Crippen molar-refractivity contribution < 1.29 is 14.4 Å². The average Bonchev–Trinajstić information content (AvgIpc) is 3.36. The van der Waals surface area contributed by atoms with Gasteiger partial charge in [-0.05, 0) is 48.3 Å². The van der Waals surface area contributed by atoms with Crippen molar-refractivity contribution in [3.63, 3.8) is 0 Å². The van der Waals surface area contributed by atoms with Crippen molar-refractivity contribution in [2.24, 2.45) is 35.5 Å². The van der Waals surface area contributed by atoms with Gasteiger partial charge in [0.15, 0.2) is 0 Å². The zero-order chi connectivity index (χ0) is 16.6. The summed E-state index contributed by atoms with van der Waals surface area (Å²) >= 11 is 3.32. The maximum atomic E-state index is 12.8. The summed E-state index contributed by atoms with van der Waals surface area (Å²) in [7, 11) is 0. The van der Waals surface area contributed by atoms with Gasteiger partial charge in [-0.3, -0.25) is 19.8 Å². The highest BCUT2D eigenvalue weighted by atomic mass is 79.9. The predicted octanol–water partition coefficient (Wildman–Crippen LogP) is 2.15. The van der Waals surface area contributed by atoms with Crippen LogP contribution in [0.2, 0.25) is 0 Å². The molecule has 5 aliphatic rings. The van der Waals surface area contributed by atoms with Gasteiger partial charge in [-0.1, -0.05) is 34.1 Å². The van der Waals surface area contributed by atoms with Crippen molar-refractivity contribution in [2.75, 3.05) is 0 Å². The molecule has 6 atom stereocenters.